The third kappa shape index (κ3) is 3.78. The molecule has 0 aliphatic carbocycles. The van der Waals surface area contributed by atoms with Crippen molar-refractivity contribution in [2.45, 2.75) is 12.8 Å². The lowest BCUT2D eigenvalue weighted by atomic mass is 9.98. The van der Waals surface area contributed by atoms with Gasteiger partial charge in [0.1, 0.15) is 12.1 Å². The molecule has 0 fully saturated rings. The van der Waals surface area contributed by atoms with E-state index in [1.54, 1.807) is 18.2 Å². The predicted molar refractivity (Wildman–Crippen MR) is 80.2 cm³/mol. The number of aldehydes is 1. The maximum absolute atomic E-state index is 13.8. The third-order valence-electron chi connectivity index (χ3n) is 3.09. The fraction of sp³-hybridized carbons (Fsp3) is 0.118. The van der Waals surface area contributed by atoms with Gasteiger partial charge in [-0.05, 0) is 48.3 Å². The van der Waals surface area contributed by atoms with Gasteiger partial charge < -0.3 is 0 Å². The van der Waals surface area contributed by atoms with Crippen LogP contribution in [0, 0.1) is 5.82 Å². The smallest absolute Gasteiger partial charge is 0.143 e. The van der Waals surface area contributed by atoms with Crippen LogP contribution in [0.1, 0.15) is 17.5 Å². The molecule has 0 unspecified atom stereocenters. The summed E-state index contributed by atoms with van der Waals surface area (Å²) in [6, 6.07) is 14.0. The van der Waals surface area contributed by atoms with Crippen molar-refractivity contribution in [3.63, 3.8) is 0 Å². The first-order chi connectivity index (χ1) is 9.70. The molecule has 0 spiro atoms. The molecule has 0 aromatic heterocycles. The summed E-state index contributed by atoms with van der Waals surface area (Å²) in [4.78, 5) is 10.7. The van der Waals surface area contributed by atoms with E-state index in [9.17, 15) is 9.18 Å². The van der Waals surface area contributed by atoms with Crippen molar-refractivity contribution in [1.29, 1.82) is 0 Å². The molecule has 2 rings (SSSR count). The molecule has 0 atom stereocenters. The lowest BCUT2D eigenvalue weighted by Gasteiger charge is -2.08. The van der Waals surface area contributed by atoms with Crippen LogP contribution in [-0.2, 0) is 11.2 Å². The third-order valence-corrected chi connectivity index (χ3v) is 3.34. The van der Waals surface area contributed by atoms with Crippen LogP contribution in [-0.4, -0.2) is 6.29 Å². The van der Waals surface area contributed by atoms with Gasteiger partial charge in [-0.15, -0.1) is 0 Å². The molecule has 1 nitrogen and oxygen atoms in total. The van der Waals surface area contributed by atoms with Gasteiger partial charge in [0.15, 0.2) is 0 Å². The summed E-state index contributed by atoms with van der Waals surface area (Å²) in [5.41, 5.74) is 2.28. The van der Waals surface area contributed by atoms with E-state index in [4.69, 9.17) is 11.6 Å². The summed E-state index contributed by atoms with van der Waals surface area (Å²) in [7, 11) is 0. The molecular formula is C17H14ClFO. The average molecular weight is 289 g/mol. The number of carbonyl (C=O) groups excluding carboxylic acids is 1. The van der Waals surface area contributed by atoms with Gasteiger partial charge in [-0.3, -0.25) is 4.79 Å². The Balaban J connectivity index is 2.15. The Bertz CT molecular complexity index is 617. The Morgan fingerprint density at radius 2 is 1.80 bits per heavy atom. The minimum atomic E-state index is -0.309. The largest absolute Gasteiger partial charge is 0.299 e. The van der Waals surface area contributed by atoms with E-state index in [0.717, 1.165) is 12.0 Å². The first-order valence-electron chi connectivity index (χ1n) is 6.34. The minimum absolute atomic E-state index is 0.309. The molecule has 0 aliphatic heterocycles. The highest BCUT2D eigenvalue weighted by molar-refractivity contribution is 6.30. The summed E-state index contributed by atoms with van der Waals surface area (Å²) in [6.07, 6.45) is 3.45. The number of carbonyl (C=O) groups is 1. The van der Waals surface area contributed by atoms with Gasteiger partial charge in [-0.25, -0.2) is 4.39 Å². The summed E-state index contributed by atoms with van der Waals surface area (Å²) in [5.74, 6) is -0.309. The van der Waals surface area contributed by atoms with Crippen LogP contribution in [0.4, 0.5) is 4.39 Å². The van der Waals surface area contributed by atoms with E-state index in [2.05, 4.69) is 0 Å². The Morgan fingerprint density at radius 3 is 2.45 bits per heavy atom. The summed E-state index contributed by atoms with van der Waals surface area (Å²) >= 11 is 5.83. The number of hydrogen-bond acceptors (Lipinski definition) is 1. The number of hydrogen-bond donors (Lipinski definition) is 0. The Hall–Kier alpha value is -1.93. The topological polar surface area (TPSA) is 17.1 Å². The lowest BCUT2D eigenvalue weighted by molar-refractivity contribution is -0.104. The van der Waals surface area contributed by atoms with Crippen molar-refractivity contribution in [3.8, 4) is 0 Å². The van der Waals surface area contributed by atoms with Gasteiger partial charge in [0.25, 0.3) is 0 Å². The van der Waals surface area contributed by atoms with Gasteiger partial charge in [0, 0.05) is 10.6 Å². The monoisotopic (exact) mass is 288 g/mol. The van der Waals surface area contributed by atoms with E-state index in [1.807, 2.05) is 24.3 Å². The zero-order chi connectivity index (χ0) is 14.4. The molecular weight excluding hydrogens is 275 g/mol. The van der Waals surface area contributed by atoms with Crippen molar-refractivity contribution in [2.24, 2.45) is 0 Å². The molecule has 102 valence electrons. The van der Waals surface area contributed by atoms with Gasteiger partial charge in [-0.1, -0.05) is 41.9 Å². The van der Waals surface area contributed by atoms with E-state index in [1.165, 1.54) is 12.1 Å². The van der Waals surface area contributed by atoms with E-state index < -0.39 is 0 Å². The zero-order valence-electron chi connectivity index (χ0n) is 10.9. The predicted octanol–water partition coefficient (Wildman–Crippen LogP) is 4.69. The summed E-state index contributed by atoms with van der Waals surface area (Å²) in [6.45, 7) is 0. The highest BCUT2D eigenvalue weighted by Crippen LogP contribution is 2.23. The summed E-state index contributed by atoms with van der Waals surface area (Å²) in [5, 5.41) is 0.687. The van der Waals surface area contributed by atoms with Crippen LogP contribution in [0.5, 0.6) is 0 Å². The van der Waals surface area contributed by atoms with Gasteiger partial charge >= 0.3 is 0 Å². The minimum Gasteiger partial charge on any atom is -0.299 e. The van der Waals surface area contributed by atoms with E-state index in [-0.39, 0.29) is 5.82 Å². The molecule has 0 bridgehead atoms. The Kier molecular flexibility index (Phi) is 5.08. The van der Waals surface area contributed by atoms with Crippen LogP contribution >= 0.6 is 11.6 Å². The average Bonchev–Trinajstić information content (AvgIpc) is 2.46. The zero-order valence-corrected chi connectivity index (χ0v) is 11.6. The van der Waals surface area contributed by atoms with Gasteiger partial charge in [0.2, 0.25) is 0 Å². The molecule has 0 heterocycles. The van der Waals surface area contributed by atoms with Crippen LogP contribution in [0.25, 0.3) is 5.57 Å². The van der Waals surface area contributed by atoms with Crippen LogP contribution in [0.15, 0.2) is 54.6 Å². The molecule has 0 amide bonds. The molecule has 0 saturated carbocycles. The van der Waals surface area contributed by atoms with Crippen LogP contribution < -0.4 is 0 Å². The maximum Gasteiger partial charge on any atom is 0.143 e. The fourth-order valence-electron chi connectivity index (χ4n) is 2.04. The molecule has 3 heteroatoms. The molecule has 20 heavy (non-hydrogen) atoms. The second-order valence-corrected chi connectivity index (χ2v) is 4.87. The van der Waals surface area contributed by atoms with E-state index in [0.29, 0.717) is 28.9 Å². The SMILES string of the molecule is O=C/C=C(/CCc1ccc(Cl)cc1)c1ccccc1F. The molecule has 2 aromatic carbocycles. The normalized spacial score (nSPS) is 11.4. The quantitative estimate of drug-likeness (QED) is 0.576. The maximum atomic E-state index is 13.8. The number of rotatable bonds is 5. The summed E-state index contributed by atoms with van der Waals surface area (Å²) < 4.78 is 13.8. The molecule has 2 aromatic rings. The van der Waals surface area contributed by atoms with Crippen molar-refractivity contribution in [3.05, 3.63) is 76.6 Å². The van der Waals surface area contributed by atoms with Crippen LogP contribution in [0.3, 0.4) is 0 Å². The molecule has 0 saturated heterocycles. The molecule has 0 radical (unpaired) electrons. The first-order valence-corrected chi connectivity index (χ1v) is 6.72. The number of benzene rings is 2. The van der Waals surface area contributed by atoms with Crippen molar-refractivity contribution in [1.82, 2.24) is 0 Å². The number of halogens is 2. The molecule has 0 N–H and O–H groups in total. The highest BCUT2D eigenvalue weighted by atomic mass is 35.5. The Morgan fingerprint density at radius 1 is 1.10 bits per heavy atom. The van der Waals surface area contributed by atoms with Crippen LogP contribution in [0.2, 0.25) is 5.02 Å². The van der Waals surface area contributed by atoms with Crippen molar-refractivity contribution in [2.75, 3.05) is 0 Å². The molecule has 0 aliphatic rings. The second kappa shape index (κ2) is 7.01. The van der Waals surface area contributed by atoms with Crippen molar-refractivity contribution < 1.29 is 9.18 Å². The van der Waals surface area contributed by atoms with Gasteiger partial charge in [-0.2, -0.15) is 0 Å². The van der Waals surface area contributed by atoms with Crippen molar-refractivity contribution >= 4 is 23.5 Å². The highest BCUT2D eigenvalue weighted by Gasteiger charge is 2.07. The lowest BCUT2D eigenvalue weighted by Crippen LogP contribution is -1.93. The second-order valence-electron chi connectivity index (χ2n) is 4.43. The fourth-order valence-corrected chi connectivity index (χ4v) is 2.17. The van der Waals surface area contributed by atoms with E-state index >= 15 is 0 Å². The number of allylic oxidation sites excluding steroid dienone is 2. The standard InChI is InChI=1S/C17H14ClFO/c18-15-9-6-13(7-10-15)5-8-14(11-12-20)16-3-1-2-4-17(16)19/h1-4,6-7,9-12H,5,8H2/b14-11-. The van der Waals surface area contributed by atoms with Gasteiger partial charge in [0.05, 0.1) is 0 Å². The first kappa shape index (κ1) is 14.5. The Labute approximate surface area is 122 Å². The number of aryl methyl sites for hydroxylation is 1.